The molecule has 0 spiro atoms. The van der Waals surface area contributed by atoms with E-state index in [0.29, 0.717) is 5.88 Å². The second-order valence-electron chi connectivity index (χ2n) is 8.88. The molecule has 6 rings (SSSR count). The van der Waals surface area contributed by atoms with Gasteiger partial charge >= 0.3 is 0 Å². The molecule has 36 heavy (non-hydrogen) atoms. The SMILES string of the molecule is CCc1cnc(N2CCC(Oc3ncnc4c(-c5ccc(-n6cnnn6)cc5)cn(C)c34)CC2)nc1. The lowest BCUT2D eigenvalue weighted by Gasteiger charge is -2.32. The number of rotatable bonds is 6. The van der Waals surface area contributed by atoms with Crippen molar-refractivity contribution in [3.05, 3.63) is 61.1 Å². The van der Waals surface area contributed by atoms with Crippen molar-refractivity contribution in [2.24, 2.45) is 7.05 Å². The van der Waals surface area contributed by atoms with Crippen molar-refractivity contribution in [2.45, 2.75) is 32.3 Å². The number of hydrogen-bond acceptors (Lipinski definition) is 9. The van der Waals surface area contributed by atoms with Crippen LogP contribution in [0, 0.1) is 0 Å². The maximum absolute atomic E-state index is 6.42. The van der Waals surface area contributed by atoms with Crippen molar-refractivity contribution < 1.29 is 4.74 Å². The van der Waals surface area contributed by atoms with Crippen LogP contribution in [0.2, 0.25) is 0 Å². The summed E-state index contributed by atoms with van der Waals surface area (Å²) in [4.78, 5) is 20.4. The van der Waals surface area contributed by atoms with Gasteiger partial charge in [-0.1, -0.05) is 19.1 Å². The molecule has 1 aliphatic heterocycles. The normalized spacial score (nSPS) is 14.4. The van der Waals surface area contributed by atoms with Crippen molar-refractivity contribution in [2.75, 3.05) is 18.0 Å². The summed E-state index contributed by atoms with van der Waals surface area (Å²) < 4.78 is 10.1. The number of aryl methyl sites for hydroxylation is 2. The largest absolute Gasteiger partial charge is 0.473 e. The molecule has 1 fully saturated rings. The summed E-state index contributed by atoms with van der Waals surface area (Å²) in [5, 5.41) is 11.3. The highest BCUT2D eigenvalue weighted by atomic mass is 16.5. The molecule has 11 nitrogen and oxygen atoms in total. The summed E-state index contributed by atoms with van der Waals surface area (Å²) in [5.41, 5.74) is 5.85. The molecular weight excluding hydrogens is 456 g/mol. The quantitative estimate of drug-likeness (QED) is 0.360. The zero-order valence-electron chi connectivity index (χ0n) is 20.2. The van der Waals surface area contributed by atoms with Crippen LogP contribution in [-0.4, -0.2) is 63.9 Å². The highest BCUT2D eigenvalue weighted by Crippen LogP contribution is 2.34. The first-order chi connectivity index (χ1) is 17.7. The molecule has 0 radical (unpaired) electrons. The highest BCUT2D eigenvalue weighted by Gasteiger charge is 2.24. The molecule has 0 atom stereocenters. The number of nitrogens with zero attached hydrogens (tertiary/aromatic N) is 10. The fraction of sp³-hybridized carbons (Fsp3) is 0.320. The maximum atomic E-state index is 6.42. The van der Waals surface area contributed by atoms with Gasteiger partial charge in [-0.05, 0) is 40.1 Å². The predicted molar refractivity (Wildman–Crippen MR) is 134 cm³/mol. The third-order valence-electron chi connectivity index (χ3n) is 6.61. The molecular formula is C25H26N10O. The van der Waals surface area contributed by atoms with E-state index in [1.54, 1.807) is 17.3 Å². The Kier molecular flexibility index (Phi) is 5.72. The van der Waals surface area contributed by atoms with Crippen LogP contribution >= 0.6 is 0 Å². The minimum absolute atomic E-state index is 0.0724. The Morgan fingerprint density at radius 1 is 1.00 bits per heavy atom. The Labute approximate surface area is 207 Å². The van der Waals surface area contributed by atoms with Crippen molar-refractivity contribution >= 4 is 17.0 Å². The zero-order valence-corrected chi connectivity index (χ0v) is 20.2. The fourth-order valence-corrected chi connectivity index (χ4v) is 4.59. The molecule has 0 unspecified atom stereocenters. The van der Waals surface area contributed by atoms with E-state index in [4.69, 9.17) is 4.74 Å². The molecule has 0 bridgehead atoms. The summed E-state index contributed by atoms with van der Waals surface area (Å²) in [6, 6.07) is 8.05. The molecule has 0 N–H and O–H groups in total. The van der Waals surface area contributed by atoms with Crippen LogP contribution in [0.15, 0.2) is 55.5 Å². The monoisotopic (exact) mass is 482 g/mol. The second-order valence-corrected chi connectivity index (χ2v) is 8.88. The van der Waals surface area contributed by atoms with E-state index in [0.717, 1.165) is 71.7 Å². The van der Waals surface area contributed by atoms with Crippen LogP contribution in [0.1, 0.15) is 25.3 Å². The van der Waals surface area contributed by atoms with E-state index in [-0.39, 0.29) is 6.10 Å². The lowest BCUT2D eigenvalue weighted by Crippen LogP contribution is -2.39. The van der Waals surface area contributed by atoms with Gasteiger partial charge in [-0.3, -0.25) is 0 Å². The molecule has 5 aromatic rings. The number of tetrazole rings is 1. The molecule has 1 aromatic carbocycles. The van der Waals surface area contributed by atoms with Gasteiger partial charge in [0.25, 0.3) is 0 Å². The molecule has 0 aliphatic carbocycles. The van der Waals surface area contributed by atoms with E-state index >= 15 is 0 Å². The van der Waals surface area contributed by atoms with Crippen LogP contribution in [-0.2, 0) is 13.5 Å². The molecule has 11 heteroatoms. The Morgan fingerprint density at radius 2 is 1.78 bits per heavy atom. The molecule has 0 saturated carbocycles. The van der Waals surface area contributed by atoms with Crippen LogP contribution in [0.4, 0.5) is 5.95 Å². The van der Waals surface area contributed by atoms with Gasteiger partial charge in [0, 0.05) is 57.1 Å². The van der Waals surface area contributed by atoms with Gasteiger partial charge in [0.05, 0.1) is 5.69 Å². The summed E-state index contributed by atoms with van der Waals surface area (Å²) >= 11 is 0. The zero-order chi connectivity index (χ0) is 24.5. The molecule has 1 saturated heterocycles. The van der Waals surface area contributed by atoms with E-state index in [2.05, 4.69) is 53.5 Å². The van der Waals surface area contributed by atoms with Gasteiger partial charge in [0.15, 0.2) is 0 Å². The van der Waals surface area contributed by atoms with Gasteiger partial charge in [-0.15, -0.1) is 5.10 Å². The number of fused-ring (bicyclic) bond motifs is 1. The Balaban J connectivity index is 1.19. The Hall–Kier alpha value is -4.41. The molecule has 182 valence electrons. The van der Waals surface area contributed by atoms with Crippen molar-refractivity contribution in [1.29, 1.82) is 0 Å². The fourth-order valence-electron chi connectivity index (χ4n) is 4.59. The Bertz CT molecular complexity index is 1450. The van der Waals surface area contributed by atoms with E-state index in [1.807, 2.05) is 48.3 Å². The van der Waals surface area contributed by atoms with Crippen LogP contribution in [0.5, 0.6) is 5.88 Å². The summed E-state index contributed by atoms with van der Waals surface area (Å²) in [7, 11) is 2.00. The number of piperidine rings is 1. The van der Waals surface area contributed by atoms with Crippen LogP contribution in [0.25, 0.3) is 27.8 Å². The number of aromatic nitrogens is 9. The van der Waals surface area contributed by atoms with Gasteiger partial charge < -0.3 is 14.2 Å². The smallest absolute Gasteiger partial charge is 0.242 e. The second kappa shape index (κ2) is 9.33. The molecule has 4 aromatic heterocycles. The lowest BCUT2D eigenvalue weighted by molar-refractivity contribution is 0.165. The van der Waals surface area contributed by atoms with Crippen LogP contribution in [0.3, 0.4) is 0 Å². The number of ether oxygens (including phenoxy) is 1. The van der Waals surface area contributed by atoms with E-state index in [1.165, 1.54) is 0 Å². The van der Waals surface area contributed by atoms with E-state index in [9.17, 15) is 0 Å². The third-order valence-corrected chi connectivity index (χ3v) is 6.61. The maximum Gasteiger partial charge on any atom is 0.242 e. The van der Waals surface area contributed by atoms with Crippen molar-refractivity contribution in [1.82, 2.24) is 44.7 Å². The Morgan fingerprint density at radius 3 is 2.47 bits per heavy atom. The first-order valence-electron chi connectivity index (χ1n) is 12.1. The average Bonchev–Trinajstić information content (AvgIpc) is 3.58. The minimum atomic E-state index is 0.0724. The van der Waals surface area contributed by atoms with Gasteiger partial charge in [0.2, 0.25) is 11.8 Å². The summed E-state index contributed by atoms with van der Waals surface area (Å²) in [6.07, 6.45) is 11.8. The van der Waals surface area contributed by atoms with Gasteiger partial charge in [-0.2, -0.15) is 4.98 Å². The predicted octanol–water partition coefficient (Wildman–Crippen LogP) is 3.01. The number of anilines is 1. The van der Waals surface area contributed by atoms with Gasteiger partial charge in [-0.25, -0.2) is 19.6 Å². The van der Waals surface area contributed by atoms with Crippen molar-refractivity contribution in [3.63, 3.8) is 0 Å². The molecule has 1 aliphatic rings. The minimum Gasteiger partial charge on any atom is -0.473 e. The highest BCUT2D eigenvalue weighted by molar-refractivity contribution is 5.95. The molecule has 0 amide bonds. The number of benzene rings is 1. The topological polar surface area (TPSA) is 113 Å². The summed E-state index contributed by atoms with van der Waals surface area (Å²) in [6.45, 7) is 3.79. The van der Waals surface area contributed by atoms with Gasteiger partial charge in [0.1, 0.15) is 29.8 Å². The first kappa shape index (κ1) is 22.1. The van der Waals surface area contributed by atoms with E-state index < -0.39 is 0 Å². The first-order valence-corrected chi connectivity index (χ1v) is 12.1. The average molecular weight is 483 g/mol. The van der Waals surface area contributed by atoms with Crippen molar-refractivity contribution in [3.8, 4) is 22.7 Å². The number of hydrogen-bond donors (Lipinski definition) is 0. The standard InChI is InChI=1S/C25H26N10O/c1-3-17-12-26-25(27-13-17)34-10-8-20(9-11-34)36-24-23-22(28-15-29-24)21(14-33(23)2)18-4-6-19(7-5-18)35-16-30-31-32-35/h4-7,12-16,20H,3,8-11H2,1-2H3. The molecule has 5 heterocycles. The third kappa shape index (κ3) is 4.12. The summed E-state index contributed by atoms with van der Waals surface area (Å²) in [5.74, 6) is 1.40. The lowest BCUT2D eigenvalue weighted by atomic mass is 10.1. The van der Waals surface area contributed by atoms with Crippen LogP contribution < -0.4 is 9.64 Å².